The molecule has 1 saturated heterocycles. The number of hydrogen-bond donors (Lipinski definition) is 3. The average molecular weight is 301 g/mol. The molecule has 0 atom stereocenters. The lowest BCUT2D eigenvalue weighted by Gasteiger charge is -2.08. The van der Waals surface area contributed by atoms with Crippen LogP contribution >= 0.6 is 11.5 Å². The van der Waals surface area contributed by atoms with E-state index in [-0.39, 0.29) is 0 Å². The van der Waals surface area contributed by atoms with Gasteiger partial charge in [0.05, 0.1) is 11.4 Å². The minimum atomic E-state index is 0.729. The monoisotopic (exact) mass is 301 g/mol. The van der Waals surface area contributed by atoms with Gasteiger partial charge in [-0.15, -0.1) is 0 Å². The molecule has 4 heterocycles. The highest BCUT2D eigenvalue weighted by Gasteiger charge is 2.09. The number of aromatic amines is 1. The molecule has 3 aromatic heterocycles. The third-order valence-electron chi connectivity index (χ3n) is 3.55. The summed E-state index contributed by atoms with van der Waals surface area (Å²) in [4.78, 5) is 7.31. The Hall–Kier alpha value is -1.92. The second-order valence-corrected chi connectivity index (χ2v) is 5.69. The van der Waals surface area contributed by atoms with Crippen LogP contribution in [0, 0.1) is 0 Å². The molecule has 1 aliphatic heterocycles. The normalized spacial score (nSPS) is 14.7. The maximum atomic E-state index is 6.06. The molecule has 6 heteroatoms. The van der Waals surface area contributed by atoms with Crippen LogP contribution in [0.15, 0.2) is 29.9 Å². The Morgan fingerprint density at radius 3 is 2.62 bits per heavy atom. The van der Waals surface area contributed by atoms with E-state index in [1.165, 1.54) is 43.9 Å². The van der Waals surface area contributed by atoms with E-state index in [1.54, 1.807) is 6.20 Å². The van der Waals surface area contributed by atoms with E-state index in [1.807, 2.05) is 23.7 Å². The predicted molar refractivity (Wildman–Crippen MR) is 88.3 cm³/mol. The predicted octanol–water partition coefficient (Wildman–Crippen LogP) is 3.03. The van der Waals surface area contributed by atoms with Gasteiger partial charge in [0.2, 0.25) is 0 Å². The summed E-state index contributed by atoms with van der Waals surface area (Å²) in [6.45, 7) is 2.50. The molecule has 110 valence electrons. The van der Waals surface area contributed by atoms with Gasteiger partial charge in [0.15, 0.2) is 0 Å². The Bertz CT molecular complexity index is 674. The first-order chi connectivity index (χ1) is 10.4. The van der Waals surface area contributed by atoms with Gasteiger partial charge in [-0.2, -0.15) is 4.37 Å². The molecule has 4 N–H and O–H groups in total. The van der Waals surface area contributed by atoms with E-state index in [2.05, 4.69) is 19.7 Å². The smallest absolute Gasteiger partial charge is 0.139 e. The summed E-state index contributed by atoms with van der Waals surface area (Å²) >= 11 is 1.41. The summed E-state index contributed by atoms with van der Waals surface area (Å²) in [7, 11) is 0. The number of H-pyrrole nitrogens is 1. The summed E-state index contributed by atoms with van der Waals surface area (Å²) < 4.78 is 4.25. The third-order valence-corrected chi connectivity index (χ3v) is 4.11. The third kappa shape index (κ3) is 3.22. The highest BCUT2D eigenvalue weighted by atomic mass is 32.1. The minimum absolute atomic E-state index is 0.729. The number of rotatable bonds is 1. The van der Waals surface area contributed by atoms with Crippen molar-refractivity contribution in [2.24, 2.45) is 0 Å². The van der Waals surface area contributed by atoms with Crippen LogP contribution in [-0.2, 0) is 0 Å². The fourth-order valence-corrected chi connectivity index (χ4v) is 2.91. The van der Waals surface area contributed by atoms with Gasteiger partial charge < -0.3 is 16.0 Å². The second kappa shape index (κ2) is 6.69. The van der Waals surface area contributed by atoms with Crippen molar-refractivity contribution >= 4 is 28.3 Å². The molecule has 0 aromatic carbocycles. The van der Waals surface area contributed by atoms with Crippen LogP contribution in [0.4, 0.5) is 5.69 Å². The summed E-state index contributed by atoms with van der Waals surface area (Å²) in [6.07, 6.45) is 7.80. The van der Waals surface area contributed by atoms with Gasteiger partial charge in [0, 0.05) is 28.7 Å². The van der Waals surface area contributed by atoms with E-state index in [9.17, 15) is 0 Å². The van der Waals surface area contributed by atoms with Gasteiger partial charge in [0.25, 0.3) is 0 Å². The van der Waals surface area contributed by atoms with Crippen molar-refractivity contribution in [3.8, 4) is 11.3 Å². The van der Waals surface area contributed by atoms with E-state index in [0.29, 0.717) is 0 Å². The number of nitrogens with one attached hydrogen (secondary N) is 2. The highest BCUT2D eigenvalue weighted by molar-refractivity contribution is 7.03. The Morgan fingerprint density at radius 1 is 1.14 bits per heavy atom. The number of fused-ring (bicyclic) bond motifs is 1. The van der Waals surface area contributed by atoms with Crippen molar-refractivity contribution in [3.63, 3.8) is 0 Å². The lowest BCUT2D eigenvalue weighted by Crippen LogP contribution is -2.21. The van der Waals surface area contributed by atoms with Crippen molar-refractivity contribution in [3.05, 3.63) is 29.9 Å². The average Bonchev–Trinajstić information content (AvgIpc) is 3.21. The number of aromatic nitrogens is 3. The molecule has 0 aliphatic carbocycles. The van der Waals surface area contributed by atoms with Gasteiger partial charge in [-0.05, 0) is 49.6 Å². The summed E-state index contributed by atoms with van der Waals surface area (Å²) in [5, 5.41) is 6.16. The van der Waals surface area contributed by atoms with Crippen LogP contribution in [0.1, 0.15) is 19.3 Å². The Labute approximate surface area is 127 Å². The van der Waals surface area contributed by atoms with E-state index in [4.69, 9.17) is 5.73 Å². The van der Waals surface area contributed by atoms with Crippen LogP contribution in [0.3, 0.4) is 0 Å². The molecule has 5 nitrogen and oxygen atoms in total. The fraction of sp³-hybridized carbons (Fsp3) is 0.333. The zero-order valence-corrected chi connectivity index (χ0v) is 12.6. The minimum Gasteiger partial charge on any atom is -0.398 e. The molecular weight excluding hydrogens is 282 g/mol. The molecular formula is C15H19N5S. The number of nitrogen functional groups attached to an aromatic ring is 1. The first kappa shape index (κ1) is 14.0. The molecule has 1 aliphatic rings. The molecule has 0 bridgehead atoms. The summed E-state index contributed by atoms with van der Waals surface area (Å²) in [5.41, 5.74) is 9.37. The fourth-order valence-electron chi connectivity index (χ4n) is 2.39. The topological polar surface area (TPSA) is 79.6 Å². The van der Waals surface area contributed by atoms with Crippen molar-refractivity contribution in [2.45, 2.75) is 19.3 Å². The molecule has 3 aromatic rings. The number of piperidine rings is 1. The lowest BCUT2D eigenvalue weighted by molar-refractivity contribution is 0.520. The maximum Gasteiger partial charge on any atom is 0.139 e. The van der Waals surface area contributed by atoms with E-state index >= 15 is 0 Å². The first-order valence-electron chi connectivity index (χ1n) is 7.19. The molecule has 1 fully saturated rings. The molecule has 0 amide bonds. The Morgan fingerprint density at radius 2 is 2.00 bits per heavy atom. The SMILES string of the molecule is C1CCNCC1.Nc1c(-c2ccsn2)cnc2[nH]ccc12. The van der Waals surface area contributed by atoms with Crippen molar-refractivity contribution in [1.82, 2.24) is 19.7 Å². The number of hydrogen-bond acceptors (Lipinski definition) is 5. The van der Waals surface area contributed by atoms with Gasteiger partial charge in [-0.25, -0.2) is 4.98 Å². The highest BCUT2D eigenvalue weighted by Crippen LogP contribution is 2.29. The number of nitrogens with two attached hydrogens (primary N) is 1. The quantitative estimate of drug-likeness (QED) is 0.645. The van der Waals surface area contributed by atoms with Crippen LogP contribution in [-0.4, -0.2) is 27.4 Å². The standard InChI is InChI=1S/C10H8N4S.C5H11N/c11-9-6-1-3-12-10(6)13-5-7(9)8-2-4-15-14-8;1-2-4-6-5-3-1/h1-5H,(H3,11,12,13);6H,1-5H2. The molecule has 4 rings (SSSR count). The van der Waals surface area contributed by atoms with Gasteiger partial charge >= 0.3 is 0 Å². The van der Waals surface area contributed by atoms with Crippen LogP contribution in [0.5, 0.6) is 0 Å². The number of pyridine rings is 1. The number of nitrogens with zero attached hydrogens (tertiary/aromatic N) is 2. The summed E-state index contributed by atoms with van der Waals surface area (Å²) in [5.74, 6) is 0. The van der Waals surface area contributed by atoms with Crippen LogP contribution in [0.2, 0.25) is 0 Å². The molecule has 21 heavy (non-hydrogen) atoms. The van der Waals surface area contributed by atoms with E-state index in [0.717, 1.165) is 28.0 Å². The molecule has 0 saturated carbocycles. The second-order valence-electron chi connectivity index (χ2n) is 5.02. The molecule has 0 spiro atoms. The lowest BCUT2D eigenvalue weighted by atomic mass is 10.1. The van der Waals surface area contributed by atoms with Gasteiger partial charge in [0.1, 0.15) is 5.65 Å². The van der Waals surface area contributed by atoms with Gasteiger partial charge in [-0.1, -0.05) is 6.42 Å². The number of anilines is 1. The Balaban J connectivity index is 0.000000186. The van der Waals surface area contributed by atoms with Gasteiger partial charge in [-0.3, -0.25) is 0 Å². The van der Waals surface area contributed by atoms with Crippen LogP contribution < -0.4 is 11.1 Å². The van der Waals surface area contributed by atoms with Crippen molar-refractivity contribution in [1.29, 1.82) is 0 Å². The summed E-state index contributed by atoms with van der Waals surface area (Å²) in [6, 6.07) is 3.87. The zero-order valence-electron chi connectivity index (χ0n) is 11.8. The largest absolute Gasteiger partial charge is 0.398 e. The zero-order chi connectivity index (χ0) is 14.5. The maximum absolute atomic E-state index is 6.06. The van der Waals surface area contributed by atoms with Crippen molar-refractivity contribution < 1.29 is 0 Å². The molecule has 0 unspecified atom stereocenters. The Kier molecular flexibility index (Phi) is 4.47. The molecule has 0 radical (unpaired) electrons. The first-order valence-corrected chi connectivity index (χ1v) is 8.03. The van der Waals surface area contributed by atoms with Crippen LogP contribution in [0.25, 0.3) is 22.3 Å². The van der Waals surface area contributed by atoms with Crippen molar-refractivity contribution in [2.75, 3.05) is 18.8 Å². The van der Waals surface area contributed by atoms with E-state index < -0.39 is 0 Å².